The first kappa shape index (κ1) is 12.9. The number of imidazole rings is 1. The van der Waals surface area contributed by atoms with Crippen molar-refractivity contribution in [3.8, 4) is 0 Å². The average molecular weight is 283 g/mol. The van der Waals surface area contributed by atoms with Gasteiger partial charge in [0.15, 0.2) is 12.1 Å². The summed E-state index contributed by atoms with van der Waals surface area (Å²) in [5.41, 5.74) is 1.57. The van der Waals surface area contributed by atoms with Crippen LogP contribution in [0.4, 0.5) is 5.82 Å². The molecular formula is C17H21N3O. The Bertz CT molecular complexity index is 661. The van der Waals surface area contributed by atoms with Gasteiger partial charge in [0.2, 0.25) is 0 Å². The van der Waals surface area contributed by atoms with Gasteiger partial charge >= 0.3 is 0 Å². The Balaban J connectivity index is 1.79. The van der Waals surface area contributed by atoms with Crippen molar-refractivity contribution in [2.45, 2.75) is 44.6 Å². The van der Waals surface area contributed by atoms with Crippen LogP contribution in [0.5, 0.6) is 0 Å². The molecule has 0 N–H and O–H groups in total. The normalized spacial score (nSPS) is 25.8. The van der Waals surface area contributed by atoms with E-state index in [0.29, 0.717) is 11.7 Å². The van der Waals surface area contributed by atoms with Crippen molar-refractivity contribution in [1.29, 1.82) is 0 Å². The first-order valence-electron chi connectivity index (χ1n) is 8.07. The number of fused-ring (bicyclic) bond motifs is 2. The summed E-state index contributed by atoms with van der Waals surface area (Å²) in [5, 5.41) is 0. The molecule has 1 aliphatic heterocycles. The number of carbonyl (C=O) groups is 1. The van der Waals surface area contributed by atoms with E-state index in [2.05, 4.69) is 4.90 Å². The fourth-order valence-electron chi connectivity index (χ4n) is 4.21. The minimum atomic E-state index is 0.580. The van der Waals surface area contributed by atoms with Gasteiger partial charge < -0.3 is 4.90 Å². The zero-order valence-corrected chi connectivity index (χ0v) is 12.2. The summed E-state index contributed by atoms with van der Waals surface area (Å²) in [5.74, 6) is 1.68. The van der Waals surface area contributed by atoms with Gasteiger partial charge in [-0.15, -0.1) is 0 Å². The Morgan fingerprint density at radius 3 is 2.90 bits per heavy atom. The van der Waals surface area contributed by atoms with Crippen molar-refractivity contribution in [2.75, 3.05) is 11.4 Å². The summed E-state index contributed by atoms with van der Waals surface area (Å²) in [6.45, 7) is 1.03. The maximum Gasteiger partial charge on any atom is 0.170 e. The number of pyridine rings is 1. The monoisotopic (exact) mass is 283 g/mol. The highest BCUT2D eigenvalue weighted by molar-refractivity contribution is 5.83. The van der Waals surface area contributed by atoms with Crippen LogP contribution in [0, 0.1) is 5.92 Å². The number of aldehydes is 1. The highest BCUT2D eigenvalue weighted by atomic mass is 16.1. The lowest BCUT2D eigenvalue weighted by Crippen LogP contribution is -2.47. The van der Waals surface area contributed by atoms with E-state index in [0.717, 1.165) is 30.2 Å². The molecule has 21 heavy (non-hydrogen) atoms. The molecule has 1 saturated heterocycles. The molecule has 1 saturated carbocycles. The van der Waals surface area contributed by atoms with E-state index in [9.17, 15) is 4.79 Å². The molecule has 4 rings (SSSR count). The number of hydrogen-bond donors (Lipinski definition) is 0. The van der Waals surface area contributed by atoms with Gasteiger partial charge in [0.1, 0.15) is 11.3 Å². The van der Waals surface area contributed by atoms with Gasteiger partial charge in [-0.2, -0.15) is 0 Å². The maximum atomic E-state index is 11.6. The van der Waals surface area contributed by atoms with Gasteiger partial charge in [-0.1, -0.05) is 18.9 Å². The van der Waals surface area contributed by atoms with Gasteiger partial charge in [0.25, 0.3) is 0 Å². The average Bonchev–Trinajstić information content (AvgIpc) is 2.92. The van der Waals surface area contributed by atoms with Crippen molar-refractivity contribution in [3.05, 3.63) is 30.1 Å². The number of carbonyl (C=O) groups excluding carboxylic acids is 1. The summed E-state index contributed by atoms with van der Waals surface area (Å²) >= 11 is 0. The zero-order chi connectivity index (χ0) is 14.2. The molecule has 4 nitrogen and oxygen atoms in total. The van der Waals surface area contributed by atoms with Crippen LogP contribution < -0.4 is 4.90 Å². The van der Waals surface area contributed by atoms with Crippen molar-refractivity contribution >= 4 is 17.8 Å². The summed E-state index contributed by atoms with van der Waals surface area (Å²) in [6.07, 6.45) is 10.7. The van der Waals surface area contributed by atoms with E-state index in [1.807, 2.05) is 28.8 Å². The minimum Gasteiger partial charge on any atom is -0.351 e. The summed E-state index contributed by atoms with van der Waals surface area (Å²) < 4.78 is 1.91. The van der Waals surface area contributed by atoms with Gasteiger partial charge in [0.05, 0.1) is 0 Å². The van der Waals surface area contributed by atoms with Crippen molar-refractivity contribution in [1.82, 2.24) is 9.38 Å². The Kier molecular flexibility index (Phi) is 3.17. The van der Waals surface area contributed by atoms with Crippen molar-refractivity contribution in [2.24, 2.45) is 5.92 Å². The van der Waals surface area contributed by atoms with E-state index in [-0.39, 0.29) is 0 Å². The quantitative estimate of drug-likeness (QED) is 0.794. The number of hydrogen-bond acceptors (Lipinski definition) is 3. The molecule has 2 unspecified atom stereocenters. The lowest BCUT2D eigenvalue weighted by molar-refractivity contribution is 0.111. The highest BCUT2D eigenvalue weighted by Gasteiger charge is 2.35. The SMILES string of the molecule is O=Cc1c(N2CCCC3CCCCC32)nc2ccccn12. The Labute approximate surface area is 124 Å². The number of piperidine rings is 1. The van der Waals surface area contributed by atoms with Crippen molar-refractivity contribution in [3.63, 3.8) is 0 Å². The van der Waals surface area contributed by atoms with Crippen LogP contribution in [-0.2, 0) is 0 Å². The Morgan fingerprint density at radius 2 is 2.00 bits per heavy atom. The molecule has 2 aromatic rings. The van der Waals surface area contributed by atoms with Crippen molar-refractivity contribution < 1.29 is 4.79 Å². The van der Waals surface area contributed by atoms with Gasteiger partial charge in [-0.25, -0.2) is 4.98 Å². The Hall–Kier alpha value is -1.84. The smallest absolute Gasteiger partial charge is 0.170 e. The predicted octanol–water partition coefficient (Wildman–Crippen LogP) is 3.31. The topological polar surface area (TPSA) is 37.6 Å². The molecule has 1 aliphatic carbocycles. The van der Waals surface area contributed by atoms with Crippen LogP contribution in [0.1, 0.15) is 49.0 Å². The molecule has 2 atom stereocenters. The zero-order valence-electron chi connectivity index (χ0n) is 12.2. The van der Waals surface area contributed by atoms with Crippen LogP contribution in [0.3, 0.4) is 0 Å². The molecule has 2 aromatic heterocycles. The molecule has 0 aromatic carbocycles. The van der Waals surface area contributed by atoms with E-state index >= 15 is 0 Å². The lowest BCUT2D eigenvalue weighted by atomic mass is 9.78. The van der Waals surface area contributed by atoms with Crippen LogP contribution >= 0.6 is 0 Å². The molecule has 0 bridgehead atoms. The molecular weight excluding hydrogens is 262 g/mol. The molecule has 0 amide bonds. The lowest BCUT2D eigenvalue weighted by Gasteiger charge is -2.44. The second-order valence-corrected chi connectivity index (χ2v) is 6.31. The third-order valence-corrected chi connectivity index (χ3v) is 5.17. The van der Waals surface area contributed by atoms with E-state index in [1.165, 1.54) is 38.5 Å². The number of nitrogens with zero attached hydrogens (tertiary/aromatic N) is 3. The second-order valence-electron chi connectivity index (χ2n) is 6.31. The van der Waals surface area contributed by atoms with Crippen LogP contribution in [0.25, 0.3) is 5.65 Å². The fraction of sp³-hybridized carbons (Fsp3) is 0.529. The number of anilines is 1. The molecule has 2 aliphatic rings. The van der Waals surface area contributed by atoms with Crippen LogP contribution in [0.15, 0.2) is 24.4 Å². The third kappa shape index (κ3) is 2.04. The molecule has 2 fully saturated rings. The van der Waals surface area contributed by atoms with Gasteiger partial charge in [-0.05, 0) is 43.7 Å². The summed E-state index contributed by atoms with van der Waals surface area (Å²) in [4.78, 5) is 18.8. The fourth-order valence-corrected chi connectivity index (χ4v) is 4.21. The minimum absolute atomic E-state index is 0.580. The number of aromatic nitrogens is 2. The van der Waals surface area contributed by atoms with Crippen LogP contribution in [-0.4, -0.2) is 28.3 Å². The predicted molar refractivity (Wildman–Crippen MR) is 82.9 cm³/mol. The van der Waals surface area contributed by atoms with E-state index in [4.69, 9.17) is 4.98 Å². The first-order chi connectivity index (χ1) is 10.4. The van der Waals surface area contributed by atoms with E-state index in [1.54, 1.807) is 0 Å². The summed E-state index contributed by atoms with van der Waals surface area (Å²) in [6, 6.07) is 6.47. The molecule has 110 valence electrons. The van der Waals surface area contributed by atoms with E-state index < -0.39 is 0 Å². The second kappa shape index (κ2) is 5.17. The first-order valence-corrected chi connectivity index (χ1v) is 8.07. The highest BCUT2D eigenvalue weighted by Crippen LogP contribution is 2.38. The number of rotatable bonds is 2. The van der Waals surface area contributed by atoms with Gasteiger partial charge in [-0.3, -0.25) is 9.20 Å². The maximum absolute atomic E-state index is 11.6. The third-order valence-electron chi connectivity index (χ3n) is 5.17. The van der Waals surface area contributed by atoms with Crippen LogP contribution in [0.2, 0.25) is 0 Å². The largest absolute Gasteiger partial charge is 0.351 e. The molecule has 3 heterocycles. The molecule has 0 radical (unpaired) electrons. The summed E-state index contributed by atoms with van der Waals surface area (Å²) in [7, 11) is 0. The van der Waals surface area contributed by atoms with Gasteiger partial charge in [0, 0.05) is 18.8 Å². The molecule has 0 spiro atoms. The standard InChI is InChI=1S/C17H21N3O/c21-12-15-17(18-16-9-3-4-10-19(15)16)20-11-5-7-13-6-1-2-8-14(13)20/h3-4,9-10,12-14H,1-2,5-8,11H2. The Morgan fingerprint density at radius 1 is 1.14 bits per heavy atom. The molecule has 4 heteroatoms.